The molecule has 0 bridgehead atoms. The van der Waals surface area contributed by atoms with Gasteiger partial charge >= 0.3 is 6.09 Å². The van der Waals surface area contributed by atoms with Crippen molar-refractivity contribution >= 4 is 58.6 Å². The number of nitrogens with two attached hydrogens (primary N) is 1. The van der Waals surface area contributed by atoms with Crippen molar-refractivity contribution in [1.82, 2.24) is 30.0 Å². The van der Waals surface area contributed by atoms with Gasteiger partial charge in [-0.2, -0.15) is 0 Å². The van der Waals surface area contributed by atoms with E-state index in [4.69, 9.17) is 10.7 Å². The average molecular weight is 889 g/mol. The third-order valence-electron chi connectivity index (χ3n) is 14.9. The summed E-state index contributed by atoms with van der Waals surface area (Å²) < 4.78 is 0. The fraction of sp³-hybridized carbons (Fsp3) is 0.542. The van der Waals surface area contributed by atoms with Gasteiger partial charge in [-0.1, -0.05) is 39.0 Å². The van der Waals surface area contributed by atoms with Gasteiger partial charge in [0.05, 0.1) is 17.3 Å². The predicted octanol–water partition coefficient (Wildman–Crippen LogP) is 5.42. The molecule has 5 fully saturated rings. The molecule has 3 atom stereocenters. The van der Waals surface area contributed by atoms with Crippen LogP contribution in [0.3, 0.4) is 0 Å². The van der Waals surface area contributed by atoms with Gasteiger partial charge in [0.25, 0.3) is 17.7 Å². The first-order valence-corrected chi connectivity index (χ1v) is 23.2. The normalized spacial score (nSPS) is 25.5. The van der Waals surface area contributed by atoms with Crippen LogP contribution in [0.1, 0.15) is 121 Å². The summed E-state index contributed by atoms with van der Waals surface area (Å²) in [6.07, 6.45) is 8.00. The molecule has 17 heteroatoms. The van der Waals surface area contributed by atoms with Gasteiger partial charge in [0, 0.05) is 62.0 Å². The van der Waals surface area contributed by atoms with Gasteiger partial charge in [-0.15, -0.1) is 0 Å². The van der Waals surface area contributed by atoms with E-state index < -0.39 is 41.7 Å². The Morgan fingerprint density at radius 2 is 1.68 bits per heavy atom. The van der Waals surface area contributed by atoms with E-state index in [0.717, 1.165) is 87.7 Å². The van der Waals surface area contributed by atoms with Gasteiger partial charge in [-0.25, -0.2) is 14.8 Å². The number of carbonyl (C=O) groups is 6. The highest BCUT2D eigenvalue weighted by Gasteiger charge is 2.65. The second-order valence-corrected chi connectivity index (χ2v) is 20.2. The van der Waals surface area contributed by atoms with Crippen LogP contribution >= 0.6 is 0 Å². The Balaban J connectivity index is 0.872. The third kappa shape index (κ3) is 8.50. The minimum absolute atomic E-state index is 0.0473. The number of carboxylic acid groups (broad SMARTS) is 1. The molecule has 17 nitrogen and oxygen atoms in total. The molecule has 2 aromatic carbocycles. The number of nitrogens with zero attached hydrogens (tertiary/aromatic N) is 6. The lowest BCUT2D eigenvalue weighted by atomic mass is 9.47. The second-order valence-electron chi connectivity index (χ2n) is 20.2. The number of benzene rings is 2. The van der Waals surface area contributed by atoms with Gasteiger partial charge in [0.2, 0.25) is 11.8 Å². The maximum absolute atomic E-state index is 13.9. The molecule has 65 heavy (non-hydrogen) atoms. The summed E-state index contributed by atoms with van der Waals surface area (Å²) in [6, 6.07) is 12.3. The Labute approximate surface area is 378 Å². The summed E-state index contributed by atoms with van der Waals surface area (Å²) in [5.74, 6) is -0.879. The Morgan fingerprint density at radius 3 is 2.34 bits per heavy atom. The number of anilines is 4. The van der Waals surface area contributed by atoms with Gasteiger partial charge in [0.1, 0.15) is 11.9 Å². The number of hydrogen-bond donors (Lipinski definition) is 5. The summed E-state index contributed by atoms with van der Waals surface area (Å²) in [4.78, 5) is 93.1. The standard InChI is InChI=1S/C48H60N10O7/c1-47(2,3)45-48(27-57(45)46(64)65)22-30(23-48)31(24-50-34-9-7-8-33-38(34)44(63)58(43(33)62)35-14-15-37(59)54-42(35)61)26-55-20-16-29(17-21-55)28-10-12-32(13-11-28)52-41-39(40(49)60)51-25-36(53-41)56-18-5-4-6-19-56/h7-13,25,29-31,35,45,50H,4-6,14-24,26-27H2,1-3H3,(H2,49,60)(H,52,53)(H,64,65)(H,54,59,61). The molecule has 1 saturated carbocycles. The molecule has 1 aliphatic carbocycles. The first kappa shape index (κ1) is 44.1. The number of imide groups is 2. The maximum Gasteiger partial charge on any atom is 0.407 e. The smallest absolute Gasteiger partial charge is 0.407 e. The first-order valence-electron chi connectivity index (χ1n) is 23.2. The molecule has 0 radical (unpaired) electrons. The van der Waals surface area contributed by atoms with E-state index in [2.05, 4.69) is 63.6 Å². The van der Waals surface area contributed by atoms with Crippen LogP contribution in [-0.2, 0) is 9.59 Å². The highest BCUT2D eigenvalue weighted by molar-refractivity contribution is 6.25. The summed E-state index contributed by atoms with van der Waals surface area (Å²) in [5, 5.41) is 19.1. The van der Waals surface area contributed by atoms with E-state index >= 15 is 0 Å². The summed E-state index contributed by atoms with van der Waals surface area (Å²) >= 11 is 0. The molecule has 344 valence electrons. The topological polar surface area (TPSA) is 224 Å². The van der Waals surface area contributed by atoms with E-state index in [9.17, 15) is 33.9 Å². The Morgan fingerprint density at radius 1 is 0.954 bits per heavy atom. The van der Waals surface area contributed by atoms with E-state index in [1.807, 2.05) is 12.1 Å². The fourth-order valence-electron chi connectivity index (χ4n) is 11.9. The Kier molecular flexibility index (Phi) is 11.8. The van der Waals surface area contributed by atoms with Crippen LogP contribution in [0.2, 0.25) is 0 Å². The zero-order valence-corrected chi connectivity index (χ0v) is 37.5. The number of hydrogen-bond acceptors (Lipinski definition) is 12. The largest absolute Gasteiger partial charge is 0.465 e. The number of piperidine rings is 3. The summed E-state index contributed by atoms with van der Waals surface area (Å²) in [7, 11) is 0. The van der Waals surface area contributed by atoms with Crippen molar-refractivity contribution in [1.29, 1.82) is 0 Å². The number of amides is 6. The van der Waals surface area contributed by atoms with E-state index in [1.54, 1.807) is 29.3 Å². The minimum atomic E-state index is -1.05. The molecule has 3 aromatic rings. The molecule has 1 aromatic heterocycles. The lowest BCUT2D eigenvalue weighted by Gasteiger charge is -2.68. The van der Waals surface area contributed by atoms with Crippen LogP contribution in [-0.4, -0.2) is 123 Å². The molecule has 4 saturated heterocycles. The van der Waals surface area contributed by atoms with E-state index in [1.165, 1.54) is 12.0 Å². The van der Waals surface area contributed by atoms with Crippen LogP contribution < -0.4 is 26.6 Å². The molecular formula is C48H60N10O7. The van der Waals surface area contributed by atoms with Gasteiger partial charge in [-0.3, -0.25) is 34.2 Å². The van der Waals surface area contributed by atoms with Gasteiger partial charge in [0.15, 0.2) is 11.5 Å². The lowest BCUT2D eigenvalue weighted by Crippen LogP contribution is -2.74. The van der Waals surface area contributed by atoms with Crippen LogP contribution in [0.5, 0.6) is 0 Å². The van der Waals surface area contributed by atoms with Crippen LogP contribution in [0.15, 0.2) is 48.7 Å². The van der Waals surface area contributed by atoms with Gasteiger partial charge in [-0.05, 0) is 117 Å². The molecule has 1 spiro atoms. The summed E-state index contributed by atoms with van der Waals surface area (Å²) in [5.41, 5.74) is 8.54. The number of likely N-dealkylation sites (tertiary alicyclic amines) is 2. The van der Waals surface area contributed by atoms with Crippen LogP contribution in [0.4, 0.5) is 27.8 Å². The zero-order valence-electron chi connectivity index (χ0n) is 37.5. The SMILES string of the molecule is CC(C)(C)C1N(C(=O)O)CC12CC(C(CNc1cccc3c1C(=O)N(C1CCC(=O)NC1=O)C3=O)CN1CCC(c3ccc(Nc4nc(N5CCCCC5)cnc4C(N)=O)cc3)CC1)C2. The lowest BCUT2D eigenvalue weighted by molar-refractivity contribution is -0.181. The number of primary amides is 1. The summed E-state index contributed by atoms with van der Waals surface area (Å²) in [6.45, 7) is 11.8. The molecular weight excluding hydrogens is 829 g/mol. The fourth-order valence-corrected chi connectivity index (χ4v) is 11.9. The second kappa shape index (κ2) is 17.4. The van der Waals surface area contributed by atoms with E-state index in [0.29, 0.717) is 36.4 Å². The van der Waals surface area contributed by atoms with Crippen molar-refractivity contribution in [3.05, 3.63) is 71.0 Å². The minimum Gasteiger partial charge on any atom is -0.465 e. The Bertz CT molecular complexity index is 2380. The van der Waals surface area contributed by atoms with Crippen molar-refractivity contribution in [3.63, 3.8) is 0 Å². The van der Waals surface area contributed by atoms with Crippen molar-refractivity contribution in [2.45, 2.75) is 96.6 Å². The number of fused-ring (bicyclic) bond motifs is 1. The van der Waals surface area contributed by atoms with Crippen molar-refractivity contribution in [3.8, 4) is 0 Å². The average Bonchev–Trinajstić information content (AvgIpc) is 3.50. The first-order chi connectivity index (χ1) is 31.1. The van der Waals surface area contributed by atoms with Crippen molar-refractivity contribution in [2.24, 2.45) is 28.4 Å². The molecule has 6 heterocycles. The molecule has 5 aliphatic heterocycles. The van der Waals surface area contributed by atoms with E-state index in [-0.39, 0.29) is 52.5 Å². The van der Waals surface area contributed by atoms with Gasteiger partial charge < -0.3 is 36.2 Å². The quantitative estimate of drug-likeness (QED) is 0.144. The molecule has 3 unspecified atom stereocenters. The number of nitrogens with one attached hydrogen (secondary N) is 3. The zero-order chi connectivity index (χ0) is 45.8. The molecule has 6 N–H and O–H groups in total. The van der Waals surface area contributed by atoms with Crippen LogP contribution in [0, 0.1) is 22.7 Å². The number of carbonyl (C=O) groups excluding carboxylic acids is 5. The predicted molar refractivity (Wildman–Crippen MR) is 243 cm³/mol. The molecule has 6 aliphatic rings. The monoisotopic (exact) mass is 888 g/mol. The van der Waals surface area contributed by atoms with Crippen LogP contribution in [0.25, 0.3) is 0 Å². The molecule has 6 amide bonds. The highest BCUT2D eigenvalue weighted by atomic mass is 16.4. The number of aromatic nitrogens is 2. The van der Waals surface area contributed by atoms with Crippen molar-refractivity contribution < 1.29 is 33.9 Å². The highest BCUT2D eigenvalue weighted by Crippen LogP contribution is 2.62. The molecule has 9 rings (SSSR count). The third-order valence-corrected chi connectivity index (χ3v) is 14.9. The van der Waals surface area contributed by atoms with Crippen molar-refractivity contribution in [2.75, 3.05) is 61.3 Å². The Hall–Kier alpha value is -6.10. The maximum atomic E-state index is 13.9. The number of rotatable bonds is 12.